The van der Waals surface area contributed by atoms with Gasteiger partial charge in [0.1, 0.15) is 0 Å². The van der Waals surface area contributed by atoms with E-state index in [0.29, 0.717) is 12.0 Å². The topological polar surface area (TPSA) is 32.3 Å². The van der Waals surface area contributed by atoms with Crippen LogP contribution in [0.2, 0.25) is 5.02 Å². The van der Waals surface area contributed by atoms with E-state index in [4.69, 9.17) is 11.6 Å². The molecule has 1 aliphatic rings. The van der Waals surface area contributed by atoms with Crippen molar-refractivity contribution in [2.75, 3.05) is 13.2 Å². The van der Waals surface area contributed by atoms with Crippen LogP contribution in [-0.4, -0.2) is 24.3 Å². The van der Waals surface area contributed by atoms with Crippen molar-refractivity contribution in [2.45, 2.75) is 51.5 Å². The summed E-state index contributed by atoms with van der Waals surface area (Å²) in [5.74, 6) is 0.637. The number of hydrogen-bond donors (Lipinski definition) is 2. The summed E-state index contributed by atoms with van der Waals surface area (Å²) in [5, 5.41) is 14.0. The number of hydrogen-bond acceptors (Lipinski definition) is 2. The molecule has 1 aromatic rings. The molecule has 1 aliphatic carbocycles. The lowest BCUT2D eigenvalue weighted by Crippen LogP contribution is -2.46. The second kappa shape index (κ2) is 6.93. The fraction of sp³-hybridized carbons (Fsp3) is 0.647. The lowest BCUT2D eigenvalue weighted by molar-refractivity contribution is 0.103. The minimum absolute atomic E-state index is 0.0567. The number of nitrogens with one attached hydrogen (secondary N) is 1. The van der Waals surface area contributed by atoms with E-state index in [2.05, 4.69) is 31.3 Å². The van der Waals surface area contributed by atoms with Crippen LogP contribution in [0.15, 0.2) is 24.3 Å². The van der Waals surface area contributed by atoms with Gasteiger partial charge in [0.15, 0.2) is 0 Å². The standard InChI is InChI=1S/C17H26ClNO/c1-3-17(4-2,12-20)11-19-16-9-14(10-16)13-6-5-7-15(18)8-13/h5-8,14,16,19-20H,3-4,9-12H2,1-2H3. The normalized spacial score (nSPS) is 22.6. The molecule has 0 aliphatic heterocycles. The Labute approximate surface area is 127 Å². The molecule has 1 aromatic carbocycles. The molecule has 112 valence electrons. The summed E-state index contributed by atoms with van der Waals surface area (Å²) in [6.07, 6.45) is 4.40. The first kappa shape index (κ1) is 15.8. The molecule has 1 fully saturated rings. The molecule has 3 heteroatoms. The van der Waals surface area contributed by atoms with Gasteiger partial charge in [0.05, 0.1) is 0 Å². The van der Waals surface area contributed by atoms with E-state index in [9.17, 15) is 5.11 Å². The molecule has 0 atom stereocenters. The first-order valence-corrected chi connectivity index (χ1v) is 8.10. The third kappa shape index (κ3) is 3.55. The Morgan fingerprint density at radius 3 is 2.55 bits per heavy atom. The third-order valence-electron chi connectivity index (χ3n) is 5.06. The van der Waals surface area contributed by atoms with Gasteiger partial charge in [-0.15, -0.1) is 0 Å². The SMILES string of the molecule is CCC(CC)(CO)CNC1CC(c2cccc(Cl)c2)C1. The van der Waals surface area contributed by atoms with Crippen LogP contribution in [0.1, 0.15) is 51.0 Å². The minimum atomic E-state index is 0.0567. The second-order valence-electron chi connectivity index (χ2n) is 6.17. The molecule has 0 aromatic heterocycles. The Kier molecular flexibility index (Phi) is 5.48. The van der Waals surface area contributed by atoms with Crippen LogP contribution in [-0.2, 0) is 0 Å². The Balaban J connectivity index is 1.79. The quantitative estimate of drug-likeness (QED) is 0.797. The summed E-state index contributed by atoms with van der Waals surface area (Å²) in [6.45, 7) is 5.52. The van der Waals surface area contributed by atoms with E-state index < -0.39 is 0 Å². The van der Waals surface area contributed by atoms with Gasteiger partial charge in [-0.3, -0.25) is 0 Å². The first-order valence-electron chi connectivity index (χ1n) is 7.72. The predicted molar refractivity (Wildman–Crippen MR) is 85.3 cm³/mol. The Morgan fingerprint density at radius 2 is 2.00 bits per heavy atom. The van der Waals surface area contributed by atoms with Crippen molar-refractivity contribution in [1.82, 2.24) is 5.32 Å². The zero-order valence-corrected chi connectivity index (χ0v) is 13.3. The van der Waals surface area contributed by atoms with Crippen LogP contribution in [0.4, 0.5) is 0 Å². The maximum Gasteiger partial charge on any atom is 0.0499 e. The van der Waals surface area contributed by atoms with Crippen LogP contribution >= 0.6 is 11.6 Å². The van der Waals surface area contributed by atoms with Crippen molar-refractivity contribution in [3.63, 3.8) is 0 Å². The zero-order valence-electron chi connectivity index (χ0n) is 12.5. The highest BCUT2D eigenvalue weighted by molar-refractivity contribution is 6.30. The van der Waals surface area contributed by atoms with Gasteiger partial charge in [-0.05, 0) is 49.3 Å². The minimum Gasteiger partial charge on any atom is -0.396 e. The van der Waals surface area contributed by atoms with Crippen molar-refractivity contribution in [2.24, 2.45) is 5.41 Å². The summed E-state index contributed by atoms with van der Waals surface area (Å²) in [4.78, 5) is 0. The number of rotatable bonds is 7. The van der Waals surface area contributed by atoms with E-state index >= 15 is 0 Å². The highest BCUT2D eigenvalue weighted by atomic mass is 35.5. The van der Waals surface area contributed by atoms with Gasteiger partial charge < -0.3 is 10.4 Å². The van der Waals surface area contributed by atoms with Gasteiger partial charge in [0.2, 0.25) is 0 Å². The fourth-order valence-corrected chi connectivity index (χ4v) is 3.16. The molecule has 20 heavy (non-hydrogen) atoms. The molecular weight excluding hydrogens is 270 g/mol. The number of aliphatic hydroxyl groups is 1. The van der Waals surface area contributed by atoms with Crippen molar-refractivity contribution in [3.8, 4) is 0 Å². The summed E-state index contributed by atoms with van der Waals surface area (Å²) in [5.41, 5.74) is 1.41. The number of aliphatic hydroxyl groups excluding tert-OH is 1. The van der Waals surface area contributed by atoms with Gasteiger partial charge in [-0.2, -0.15) is 0 Å². The van der Waals surface area contributed by atoms with Crippen molar-refractivity contribution >= 4 is 11.6 Å². The van der Waals surface area contributed by atoms with Crippen LogP contribution in [0.5, 0.6) is 0 Å². The predicted octanol–water partition coefficient (Wildman–Crippen LogP) is 3.97. The monoisotopic (exact) mass is 295 g/mol. The molecule has 0 heterocycles. The highest BCUT2D eigenvalue weighted by Crippen LogP contribution is 2.38. The van der Waals surface area contributed by atoms with Gasteiger partial charge >= 0.3 is 0 Å². The molecule has 0 unspecified atom stereocenters. The molecule has 2 rings (SSSR count). The molecule has 2 N–H and O–H groups in total. The molecule has 2 nitrogen and oxygen atoms in total. The average Bonchev–Trinajstić information content (AvgIpc) is 2.42. The van der Waals surface area contributed by atoms with Crippen molar-refractivity contribution in [3.05, 3.63) is 34.9 Å². The number of halogens is 1. The van der Waals surface area contributed by atoms with Gasteiger partial charge in [-0.1, -0.05) is 37.6 Å². The maximum absolute atomic E-state index is 9.59. The first-order chi connectivity index (χ1) is 9.62. The molecule has 0 bridgehead atoms. The van der Waals surface area contributed by atoms with Crippen LogP contribution in [0, 0.1) is 5.41 Å². The van der Waals surface area contributed by atoms with Crippen LogP contribution in [0.25, 0.3) is 0 Å². The smallest absolute Gasteiger partial charge is 0.0499 e. The van der Waals surface area contributed by atoms with Gasteiger partial charge in [0.25, 0.3) is 0 Å². The van der Waals surface area contributed by atoms with Crippen LogP contribution < -0.4 is 5.32 Å². The Morgan fingerprint density at radius 1 is 1.30 bits per heavy atom. The van der Waals surface area contributed by atoms with Crippen LogP contribution in [0.3, 0.4) is 0 Å². The fourth-order valence-electron chi connectivity index (χ4n) is 2.96. The second-order valence-corrected chi connectivity index (χ2v) is 6.60. The summed E-state index contributed by atoms with van der Waals surface area (Å²) in [7, 11) is 0. The summed E-state index contributed by atoms with van der Waals surface area (Å²) >= 11 is 6.04. The van der Waals surface area contributed by atoms with E-state index in [1.54, 1.807) is 0 Å². The Hall–Kier alpha value is -0.570. The molecular formula is C17H26ClNO. The van der Waals surface area contributed by atoms with E-state index in [0.717, 1.165) is 24.4 Å². The molecule has 0 spiro atoms. The van der Waals surface area contributed by atoms with E-state index in [-0.39, 0.29) is 12.0 Å². The molecule has 0 radical (unpaired) electrons. The Bertz CT molecular complexity index is 416. The van der Waals surface area contributed by atoms with E-state index in [1.165, 1.54) is 18.4 Å². The highest BCUT2D eigenvalue weighted by Gasteiger charge is 2.32. The van der Waals surface area contributed by atoms with Gasteiger partial charge in [-0.25, -0.2) is 0 Å². The average molecular weight is 296 g/mol. The van der Waals surface area contributed by atoms with E-state index in [1.807, 2.05) is 12.1 Å². The third-order valence-corrected chi connectivity index (χ3v) is 5.29. The summed E-state index contributed by atoms with van der Waals surface area (Å²) < 4.78 is 0. The maximum atomic E-state index is 9.59. The van der Waals surface area contributed by atoms with Crippen molar-refractivity contribution < 1.29 is 5.11 Å². The van der Waals surface area contributed by atoms with Gasteiger partial charge in [0, 0.05) is 29.6 Å². The lowest BCUT2D eigenvalue weighted by Gasteiger charge is -2.39. The lowest BCUT2D eigenvalue weighted by atomic mass is 9.75. The zero-order chi connectivity index (χ0) is 14.6. The largest absolute Gasteiger partial charge is 0.396 e. The molecule has 1 saturated carbocycles. The molecule has 0 saturated heterocycles. The summed E-state index contributed by atoms with van der Waals surface area (Å²) in [6, 6.07) is 8.80. The molecule has 0 amide bonds. The van der Waals surface area contributed by atoms with Crippen molar-refractivity contribution in [1.29, 1.82) is 0 Å². The number of benzene rings is 1.